The van der Waals surface area contributed by atoms with Gasteiger partial charge in [0.25, 0.3) is 0 Å². The van der Waals surface area contributed by atoms with Gasteiger partial charge in [0, 0.05) is 44.8 Å². The van der Waals surface area contributed by atoms with E-state index in [1.54, 1.807) is 25.6 Å². The number of nitrogens with one attached hydrogen (secondary N) is 1. The molecule has 1 fully saturated rings. The van der Waals surface area contributed by atoms with Gasteiger partial charge >= 0.3 is 0 Å². The summed E-state index contributed by atoms with van der Waals surface area (Å²) in [7, 11) is 3.39. The molecule has 0 bridgehead atoms. The Kier molecular flexibility index (Phi) is 3.93. The van der Waals surface area contributed by atoms with Gasteiger partial charge in [0.15, 0.2) is 4.96 Å². The fourth-order valence-corrected chi connectivity index (χ4v) is 3.23. The van der Waals surface area contributed by atoms with E-state index in [9.17, 15) is 0 Å². The van der Waals surface area contributed by atoms with E-state index < -0.39 is 0 Å². The maximum Gasteiger partial charge on any atom is 0.237 e. The lowest BCUT2D eigenvalue weighted by atomic mass is 10.0. The van der Waals surface area contributed by atoms with Gasteiger partial charge in [-0.05, 0) is 0 Å². The van der Waals surface area contributed by atoms with Crippen LogP contribution >= 0.6 is 11.3 Å². The third kappa shape index (κ3) is 2.42. The van der Waals surface area contributed by atoms with Gasteiger partial charge in [0.05, 0.1) is 13.7 Å². The fraction of sp³-hybridized carbons (Fsp3) is 0.615. The number of rotatable bonds is 6. The minimum Gasteiger partial charge on any atom is -0.480 e. The summed E-state index contributed by atoms with van der Waals surface area (Å²) in [5, 5.41) is 5.46. The molecule has 0 saturated carbocycles. The van der Waals surface area contributed by atoms with Crippen LogP contribution in [0.15, 0.2) is 11.6 Å². The van der Waals surface area contributed by atoms with E-state index in [-0.39, 0.29) is 5.60 Å². The minimum atomic E-state index is -0.203. The lowest BCUT2D eigenvalue weighted by Crippen LogP contribution is -2.42. The number of aromatic nitrogens is 2. The van der Waals surface area contributed by atoms with Crippen LogP contribution in [-0.4, -0.2) is 49.0 Å². The van der Waals surface area contributed by atoms with Crippen LogP contribution in [0, 0.1) is 0 Å². The summed E-state index contributed by atoms with van der Waals surface area (Å²) < 4.78 is 18.4. The Morgan fingerprint density at radius 3 is 3.15 bits per heavy atom. The van der Waals surface area contributed by atoms with Crippen LogP contribution < -0.4 is 10.1 Å². The molecule has 0 aliphatic carbocycles. The first kappa shape index (κ1) is 13.8. The summed E-state index contributed by atoms with van der Waals surface area (Å²) in [6.07, 6.45) is 2.94. The summed E-state index contributed by atoms with van der Waals surface area (Å²) in [5.41, 5.74) is 0.833. The lowest BCUT2D eigenvalue weighted by Gasteiger charge is -2.25. The topological polar surface area (TPSA) is 57.0 Å². The lowest BCUT2D eigenvalue weighted by molar-refractivity contribution is -0.0160. The van der Waals surface area contributed by atoms with E-state index in [1.807, 2.05) is 11.6 Å². The molecular weight excluding hydrogens is 278 g/mol. The van der Waals surface area contributed by atoms with Crippen molar-refractivity contribution < 1.29 is 14.2 Å². The van der Waals surface area contributed by atoms with Crippen LogP contribution in [-0.2, 0) is 16.0 Å². The van der Waals surface area contributed by atoms with Gasteiger partial charge in [-0.2, -0.15) is 4.98 Å². The van der Waals surface area contributed by atoms with Crippen molar-refractivity contribution in [1.29, 1.82) is 0 Å². The van der Waals surface area contributed by atoms with Crippen molar-refractivity contribution in [3.05, 3.63) is 17.3 Å². The van der Waals surface area contributed by atoms with Gasteiger partial charge in [-0.1, -0.05) is 0 Å². The van der Waals surface area contributed by atoms with Gasteiger partial charge < -0.3 is 19.5 Å². The number of thiazole rings is 1. The number of imidazole rings is 1. The molecule has 1 aliphatic heterocycles. The molecule has 2 aromatic rings. The third-order valence-electron chi connectivity index (χ3n) is 3.76. The van der Waals surface area contributed by atoms with Crippen LogP contribution in [0.1, 0.15) is 12.1 Å². The second-order valence-corrected chi connectivity index (χ2v) is 5.79. The molecule has 0 spiro atoms. The summed E-state index contributed by atoms with van der Waals surface area (Å²) in [6, 6.07) is 0. The van der Waals surface area contributed by atoms with E-state index in [2.05, 4.69) is 14.7 Å². The minimum absolute atomic E-state index is 0.203. The standard InChI is InChI=1S/C13H19N3O3S/c1-17-11-10(16-4-6-20-12(16)15-11)7-14-8-13(18-2)3-5-19-9-13/h4,6,14H,3,5,7-9H2,1-2H3. The normalized spacial score (nSPS) is 22.7. The molecule has 1 unspecified atom stereocenters. The zero-order chi connectivity index (χ0) is 14.0. The van der Waals surface area contributed by atoms with Crippen molar-refractivity contribution in [1.82, 2.24) is 14.7 Å². The molecule has 2 aromatic heterocycles. The number of fused-ring (bicyclic) bond motifs is 1. The highest BCUT2D eigenvalue weighted by atomic mass is 32.1. The summed E-state index contributed by atoms with van der Waals surface area (Å²) >= 11 is 1.60. The van der Waals surface area contributed by atoms with Gasteiger partial charge in [-0.25, -0.2) is 0 Å². The van der Waals surface area contributed by atoms with E-state index in [1.165, 1.54) is 0 Å². The first-order valence-corrected chi connectivity index (χ1v) is 7.48. The number of hydrogen-bond acceptors (Lipinski definition) is 6. The maximum atomic E-state index is 5.61. The summed E-state index contributed by atoms with van der Waals surface area (Å²) in [4.78, 5) is 5.39. The Morgan fingerprint density at radius 2 is 2.45 bits per heavy atom. The van der Waals surface area contributed by atoms with Crippen LogP contribution in [0.5, 0.6) is 5.88 Å². The Balaban J connectivity index is 1.68. The van der Waals surface area contributed by atoms with Crippen molar-refractivity contribution in [3.8, 4) is 5.88 Å². The van der Waals surface area contributed by atoms with E-state index in [0.29, 0.717) is 19.0 Å². The Hall–Kier alpha value is -1.15. The first-order chi connectivity index (χ1) is 9.78. The average Bonchev–Trinajstić information content (AvgIpc) is 3.15. The van der Waals surface area contributed by atoms with Gasteiger partial charge in [-0.15, -0.1) is 11.3 Å². The zero-order valence-corrected chi connectivity index (χ0v) is 12.5. The first-order valence-electron chi connectivity index (χ1n) is 6.60. The molecule has 20 heavy (non-hydrogen) atoms. The highest BCUT2D eigenvalue weighted by molar-refractivity contribution is 7.15. The second-order valence-electron chi connectivity index (χ2n) is 4.92. The molecule has 110 valence electrons. The summed E-state index contributed by atoms with van der Waals surface area (Å²) in [5.74, 6) is 0.679. The van der Waals surface area contributed by atoms with Crippen LogP contribution in [0.3, 0.4) is 0 Å². The molecule has 0 amide bonds. The monoisotopic (exact) mass is 297 g/mol. The molecule has 7 heteroatoms. The largest absolute Gasteiger partial charge is 0.480 e. The Bertz CT molecular complexity index is 574. The van der Waals surface area contributed by atoms with Crippen molar-refractivity contribution in [2.45, 2.75) is 18.6 Å². The molecule has 1 aliphatic rings. The summed E-state index contributed by atoms with van der Waals surface area (Å²) in [6.45, 7) is 2.85. The molecule has 1 N–H and O–H groups in total. The molecule has 0 aromatic carbocycles. The second kappa shape index (κ2) is 5.69. The number of methoxy groups -OCH3 is 2. The van der Waals surface area contributed by atoms with Gasteiger partial charge in [0.1, 0.15) is 11.3 Å². The third-order valence-corrected chi connectivity index (χ3v) is 4.51. The van der Waals surface area contributed by atoms with Crippen LogP contribution in [0.25, 0.3) is 4.96 Å². The Labute approximate surface area is 121 Å². The predicted molar refractivity (Wildman–Crippen MR) is 76.5 cm³/mol. The van der Waals surface area contributed by atoms with Gasteiger partial charge in [0.2, 0.25) is 5.88 Å². The number of hydrogen-bond donors (Lipinski definition) is 1. The number of ether oxygens (including phenoxy) is 3. The zero-order valence-electron chi connectivity index (χ0n) is 11.7. The quantitative estimate of drug-likeness (QED) is 0.871. The molecule has 3 heterocycles. The average molecular weight is 297 g/mol. The predicted octanol–water partition coefficient (Wildman–Crippen LogP) is 1.30. The van der Waals surface area contributed by atoms with Crippen molar-refractivity contribution in [2.24, 2.45) is 0 Å². The molecule has 3 rings (SSSR count). The maximum absolute atomic E-state index is 5.61. The van der Waals surface area contributed by atoms with E-state index in [0.717, 1.165) is 30.2 Å². The van der Waals surface area contributed by atoms with E-state index >= 15 is 0 Å². The van der Waals surface area contributed by atoms with Gasteiger partial charge in [-0.3, -0.25) is 4.40 Å². The number of nitrogens with zero attached hydrogens (tertiary/aromatic N) is 2. The Morgan fingerprint density at radius 1 is 1.55 bits per heavy atom. The van der Waals surface area contributed by atoms with Crippen LogP contribution in [0.4, 0.5) is 0 Å². The molecule has 6 nitrogen and oxygen atoms in total. The SMILES string of the molecule is COc1nc2sccn2c1CNCC1(OC)CCOC1. The molecule has 0 radical (unpaired) electrons. The highest BCUT2D eigenvalue weighted by Gasteiger charge is 2.34. The fourth-order valence-electron chi connectivity index (χ4n) is 2.51. The van der Waals surface area contributed by atoms with Crippen molar-refractivity contribution in [2.75, 3.05) is 34.0 Å². The smallest absolute Gasteiger partial charge is 0.237 e. The molecular formula is C13H19N3O3S. The highest BCUT2D eigenvalue weighted by Crippen LogP contribution is 2.24. The van der Waals surface area contributed by atoms with E-state index in [4.69, 9.17) is 14.2 Å². The molecule has 1 saturated heterocycles. The van der Waals surface area contributed by atoms with Crippen molar-refractivity contribution >= 4 is 16.3 Å². The molecule has 1 atom stereocenters. The van der Waals surface area contributed by atoms with Crippen LogP contribution in [0.2, 0.25) is 0 Å². The van der Waals surface area contributed by atoms with Crippen molar-refractivity contribution in [3.63, 3.8) is 0 Å².